The Bertz CT molecular complexity index is 500. The zero-order valence-corrected chi connectivity index (χ0v) is 12.8. The van der Waals surface area contributed by atoms with Gasteiger partial charge in [0.25, 0.3) is 0 Å². The topological polar surface area (TPSA) is 72.8 Å². The fourth-order valence-electron chi connectivity index (χ4n) is 2.72. The summed E-state index contributed by atoms with van der Waals surface area (Å²) >= 11 is 0. The van der Waals surface area contributed by atoms with Crippen molar-refractivity contribution in [3.05, 3.63) is 29.8 Å². The van der Waals surface area contributed by atoms with Gasteiger partial charge in [-0.05, 0) is 49.8 Å². The molecule has 0 amide bonds. The maximum absolute atomic E-state index is 12.1. The summed E-state index contributed by atoms with van der Waals surface area (Å²) in [4.78, 5) is 23.0. The Kier molecular flexibility index (Phi) is 5.95. The maximum atomic E-state index is 12.1. The highest BCUT2D eigenvalue weighted by Crippen LogP contribution is 2.30. The molecule has 1 saturated carbocycles. The van der Waals surface area contributed by atoms with Crippen LogP contribution in [0.1, 0.15) is 31.2 Å². The van der Waals surface area contributed by atoms with Crippen LogP contribution in [0, 0.1) is 11.8 Å². The smallest absolute Gasteiger partial charge is 0.314 e. The van der Waals surface area contributed by atoms with Gasteiger partial charge in [0, 0.05) is 7.11 Å². The van der Waals surface area contributed by atoms with E-state index in [1.165, 1.54) is 0 Å². The lowest BCUT2D eigenvalue weighted by Crippen LogP contribution is -2.28. The summed E-state index contributed by atoms with van der Waals surface area (Å²) in [6.45, 7) is 0.659. The van der Waals surface area contributed by atoms with Crippen molar-refractivity contribution < 1.29 is 24.2 Å². The number of hydrogen-bond donors (Lipinski definition) is 1. The molecule has 1 aliphatic rings. The fraction of sp³-hybridized carbons (Fsp3) is 0.529. The summed E-state index contributed by atoms with van der Waals surface area (Å²) in [7, 11) is 1.66. The molecular weight excluding hydrogens is 284 g/mol. The van der Waals surface area contributed by atoms with Gasteiger partial charge in [0.2, 0.25) is 0 Å². The van der Waals surface area contributed by atoms with Crippen LogP contribution in [-0.2, 0) is 20.7 Å². The number of carbonyl (C=O) groups is 2. The van der Waals surface area contributed by atoms with Crippen LogP contribution >= 0.6 is 0 Å². The van der Waals surface area contributed by atoms with Gasteiger partial charge < -0.3 is 14.6 Å². The van der Waals surface area contributed by atoms with Gasteiger partial charge in [0.15, 0.2) is 0 Å². The number of carboxylic acid groups (broad SMARTS) is 1. The minimum atomic E-state index is -0.765. The lowest BCUT2D eigenvalue weighted by Gasteiger charge is -2.24. The average molecular weight is 306 g/mol. The number of carbonyl (C=O) groups excluding carboxylic acids is 1. The van der Waals surface area contributed by atoms with Crippen LogP contribution in [0.4, 0.5) is 0 Å². The van der Waals surface area contributed by atoms with Crippen molar-refractivity contribution in [3.63, 3.8) is 0 Å². The molecule has 0 radical (unpaired) electrons. The molecule has 0 heterocycles. The van der Waals surface area contributed by atoms with Gasteiger partial charge >= 0.3 is 11.9 Å². The van der Waals surface area contributed by atoms with E-state index in [0.29, 0.717) is 38.0 Å². The molecule has 1 N–H and O–H groups in total. The van der Waals surface area contributed by atoms with E-state index in [0.717, 1.165) is 12.0 Å². The molecule has 5 nitrogen and oxygen atoms in total. The number of aliphatic carboxylic acids is 1. The summed E-state index contributed by atoms with van der Waals surface area (Å²) in [5, 5.41) is 8.96. The van der Waals surface area contributed by atoms with Gasteiger partial charge in [-0.25, -0.2) is 0 Å². The summed E-state index contributed by atoms with van der Waals surface area (Å²) < 4.78 is 10.4. The second kappa shape index (κ2) is 7.94. The molecule has 1 fully saturated rings. The Morgan fingerprint density at radius 3 is 2.23 bits per heavy atom. The van der Waals surface area contributed by atoms with Gasteiger partial charge in [0.1, 0.15) is 5.75 Å². The van der Waals surface area contributed by atoms with Crippen LogP contribution in [-0.4, -0.2) is 30.8 Å². The molecule has 0 atom stereocenters. The van der Waals surface area contributed by atoms with E-state index in [1.807, 2.05) is 12.1 Å². The van der Waals surface area contributed by atoms with Crippen LogP contribution in [0.2, 0.25) is 0 Å². The molecule has 1 aromatic rings. The highest BCUT2D eigenvalue weighted by atomic mass is 16.5. The van der Waals surface area contributed by atoms with E-state index in [9.17, 15) is 9.59 Å². The first-order valence-electron chi connectivity index (χ1n) is 7.62. The maximum Gasteiger partial charge on any atom is 0.314 e. The molecule has 120 valence electrons. The number of rotatable bonds is 6. The number of ether oxygens (including phenoxy) is 2. The van der Waals surface area contributed by atoms with E-state index in [4.69, 9.17) is 14.6 Å². The van der Waals surface area contributed by atoms with Gasteiger partial charge in [-0.3, -0.25) is 9.59 Å². The van der Waals surface area contributed by atoms with Gasteiger partial charge in [-0.15, -0.1) is 0 Å². The van der Waals surface area contributed by atoms with Crippen LogP contribution in [0.25, 0.3) is 0 Å². The Hall–Kier alpha value is -1.88. The molecule has 0 aliphatic heterocycles. The van der Waals surface area contributed by atoms with Crippen LogP contribution < -0.4 is 4.74 Å². The average Bonchev–Trinajstić information content (AvgIpc) is 2.54. The lowest BCUT2D eigenvalue weighted by atomic mass is 9.82. The number of carboxylic acids is 1. The van der Waals surface area contributed by atoms with Crippen molar-refractivity contribution in [1.29, 1.82) is 0 Å². The molecular formula is C17H22O5. The fourth-order valence-corrected chi connectivity index (χ4v) is 2.72. The third-order valence-electron chi connectivity index (χ3n) is 4.15. The number of methoxy groups -OCH3 is 1. The van der Waals surface area contributed by atoms with Crippen LogP contribution in [0.5, 0.6) is 5.75 Å². The first-order valence-corrected chi connectivity index (χ1v) is 7.62. The highest BCUT2D eigenvalue weighted by Gasteiger charge is 2.30. The van der Waals surface area contributed by atoms with Crippen molar-refractivity contribution in [3.8, 4) is 5.75 Å². The zero-order valence-electron chi connectivity index (χ0n) is 12.8. The molecule has 1 aromatic carbocycles. The van der Waals surface area contributed by atoms with Gasteiger partial charge in [-0.2, -0.15) is 0 Å². The minimum absolute atomic E-state index is 0.191. The van der Waals surface area contributed by atoms with E-state index in [-0.39, 0.29) is 17.8 Å². The SMILES string of the molecule is COCCc1ccc(OC(=O)C2CCC(C(=O)O)CC2)cc1. The number of benzene rings is 1. The molecule has 0 spiro atoms. The third-order valence-corrected chi connectivity index (χ3v) is 4.15. The Morgan fingerprint density at radius 2 is 1.68 bits per heavy atom. The molecule has 0 unspecified atom stereocenters. The van der Waals surface area contributed by atoms with Gasteiger partial charge in [-0.1, -0.05) is 12.1 Å². The summed E-state index contributed by atoms with van der Waals surface area (Å²) in [5.74, 6) is -0.994. The molecule has 2 rings (SSSR count). The van der Waals surface area contributed by atoms with Crippen molar-refractivity contribution >= 4 is 11.9 Å². The summed E-state index contributed by atoms with van der Waals surface area (Å²) in [6.07, 6.45) is 3.09. The summed E-state index contributed by atoms with van der Waals surface area (Å²) in [6, 6.07) is 7.41. The van der Waals surface area contributed by atoms with Crippen LogP contribution in [0.3, 0.4) is 0 Å². The molecule has 0 bridgehead atoms. The Balaban J connectivity index is 1.83. The van der Waals surface area contributed by atoms with Crippen molar-refractivity contribution in [2.45, 2.75) is 32.1 Å². The largest absolute Gasteiger partial charge is 0.481 e. The Morgan fingerprint density at radius 1 is 1.09 bits per heavy atom. The first kappa shape index (κ1) is 16.5. The second-order valence-electron chi connectivity index (χ2n) is 5.69. The predicted octanol–water partition coefficient (Wildman–Crippen LogP) is 2.67. The Labute approximate surface area is 130 Å². The van der Waals surface area contributed by atoms with Gasteiger partial charge in [0.05, 0.1) is 18.4 Å². The second-order valence-corrected chi connectivity index (χ2v) is 5.69. The van der Waals surface area contributed by atoms with E-state index in [1.54, 1.807) is 19.2 Å². The molecule has 1 aliphatic carbocycles. The molecule has 5 heteroatoms. The van der Waals surface area contributed by atoms with Crippen molar-refractivity contribution in [2.75, 3.05) is 13.7 Å². The standard InChI is InChI=1S/C17H22O5/c1-21-11-10-12-2-8-15(9-3-12)22-17(20)14-6-4-13(5-7-14)16(18)19/h2-3,8-9,13-14H,4-7,10-11H2,1H3,(H,18,19). The van der Waals surface area contributed by atoms with E-state index < -0.39 is 5.97 Å². The molecule has 0 saturated heterocycles. The summed E-state index contributed by atoms with van der Waals surface area (Å²) in [5.41, 5.74) is 1.13. The minimum Gasteiger partial charge on any atom is -0.481 e. The predicted molar refractivity (Wildman–Crippen MR) is 80.7 cm³/mol. The monoisotopic (exact) mass is 306 g/mol. The number of esters is 1. The van der Waals surface area contributed by atoms with Crippen molar-refractivity contribution in [2.24, 2.45) is 11.8 Å². The highest BCUT2D eigenvalue weighted by molar-refractivity contribution is 5.76. The lowest BCUT2D eigenvalue weighted by molar-refractivity contribution is -0.146. The normalized spacial score (nSPS) is 21.3. The third kappa shape index (κ3) is 4.56. The zero-order chi connectivity index (χ0) is 15.9. The van der Waals surface area contributed by atoms with E-state index >= 15 is 0 Å². The van der Waals surface area contributed by atoms with Crippen LogP contribution in [0.15, 0.2) is 24.3 Å². The van der Waals surface area contributed by atoms with E-state index in [2.05, 4.69) is 0 Å². The quantitative estimate of drug-likeness (QED) is 0.646. The molecule has 22 heavy (non-hydrogen) atoms. The first-order chi connectivity index (χ1) is 10.6. The van der Waals surface area contributed by atoms with Crippen molar-refractivity contribution in [1.82, 2.24) is 0 Å². The molecule has 0 aromatic heterocycles. The number of hydrogen-bond acceptors (Lipinski definition) is 4.